The molecule has 0 aliphatic rings. The summed E-state index contributed by atoms with van der Waals surface area (Å²) in [5.74, 6) is 1.73. The van der Waals surface area contributed by atoms with Crippen LogP contribution in [0.2, 0.25) is 10.0 Å². The molecule has 0 unspecified atom stereocenters. The lowest BCUT2D eigenvalue weighted by Gasteiger charge is -2.08. The molecule has 0 amide bonds. The number of hydrogen-bond donors (Lipinski definition) is 0. The van der Waals surface area contributed by atoms with Gasteiger partial charge in [0.05, 0.1) is 0 Å². The van der Waals surface area contributed by atoms with Gasteiger partial charge in [-0.2, -0.15) is 0 Å². The standard InChI is InChI=1S/C21H13Cl2N3/c22-17-10-4-8-15(12-17)20-24-19(14-6-2-1-3-7-14)25-21(26-20)16-9-5-11-18(23)13-16/h1-13H. The molecular formula is C21H13Cl2N3. The molecule has 0 aliphatic carbocycles. The van der Waals surface area contributed by atoms with Crippen LogP contribution in [0, 0.1) is 0 Å². The zero-order valence-electron chi connectivity index (χ0n) is 13.6. The summed E-state index contributed by atoms with van der Waals surface area (Å²) in [6.45, 7) is 0. The summed E-state index contributed by atoms with van der Waals surface area (Å²) in [5, 5.41) is 1.27. The lowest BCUT2D eigenvalue weighted by molar-refractivity contribution is 1.07. The molecule has 0 saturated heterocycles. The molecule has 0 radical (unpaired) electrons. The Bertz CT molecular complexity index is 1000. The number of rotatable bonds is 3. The first-order valence-electron chi connectivity index (χ1n) is 8.02. The molecule has 3 nitrogen and oxygen atoms in total. The Kier molecular flexibility index (Phi) is 4.65. The fourth-order valence-corrected chi connectivity index (χ4v) is 2.99. The van der Waals surface area contributed by atoms with Gasteiger partial charge in [-0.15, -0.1) is 0 Å². The molecule has 4 rings (SSSR count). The van der Waals surface area contributed by atoms with E-state index in [4.69, 9.17) is 23.2 Å². The average molecular weight is 378 g/mol. The van der Waals surface area contributed by atoms with Crippen molar-refractivity contribution in [3.63, 3.8) is 0 Å². The van der Waals surface area contributed by atoms with Gasteiger partial charge in [-0.05, 0) is 24.3 Å². The van der Waals surface area contributed by atoms with Crippen LogP contribution in [0.25, 0.3) is 34.2 Å². The van der Waals surface area contributed by atoms with E-state index in [0.29, 0.717) is 27.5 Å². The van der Waals surface area contributed by atoms with Crippen LogP contribution in [0.3, 0.4) is 0 Å². The van der Waals surface area contributed by atoms with Crippen molar-refractivity contribution in [3.05, 3.63) is 88.9 Å². The van der Waals surface area contributed by atoms with Crippen LogP contribution in [-0.2, 0) is 0 Å². The zero-order valence-corrected chi connectivity index (χ0v) is 15.1. The molecule has 126 valence electrons. The van der Waals surface area contributed by atoms with Gasteiger partial charge in [0, 0.05) is 26.7 Å². The molecule has 0 saturated carbocycles. The third-order valence-electron chi connectivity index (χ3n) is 3.83. The van der Waals surface area contributed by atoms with Gasteiger partial charge in [0.1, 0.15) is 0 Å². The van der Waals surface area contributed by atoms with Crippen molar-refractivity contribution >= 4 is 23.2 Å². The van der Waals surface area contributed by atoms with Crippen molar-refractivity contribution in [2.75, 3.05) is 0 Å². The molecule has 0 aliphatic heterocycles. The minimum atomic E-state index is 0.566. The van der Waals surface area contributed by atoms with Crippen LogP contribution >= 0.6 is 23.2 Å². The van der Waals surface area contributed by atoms with Crippen LogP contribution in [-0.4, -0.2) is 15.0 Å². The van der Waals surface area contributed by atoms with E-state index < -0.39 is 0 Å². The largest absolute Gasteiger partial charge is 0.208 e. The highest BCUT2D eigenvalue weighted by Crippen LogP contribution is 2.26. The van der Waals surface area contributed by atoms with Gasteiger partial charge in [0.2, 0.25) is 0 Å². The lowest BCUT2D eigenvalue weighted by Crippen LogP contribution is -2.00. The molecular weight excluding hydrogens is 365 g/mol. The molecule has 0 spiro atoms. The van der Waals surface area contributed by atoms with Crippen molar-refractivity contribution in [1.29, 1.82) is 0 Å². The molecule has 26 heavy (non-hydrogen) atoms. The van der Waals surface area contributed by atoms with Crippen LogP contribution in [0.4, 0.5) is 0 Å². The van der Waals surface area contributed by atoms with Crippen molar-refractivity contribution < 1.29 is 0 Å². The van der Waals surface area contributed by atoms with Crippen molar-refractivity contribution in [3.8, 4) is 34.2 Å². The maximum Gasteiger partial charge on any atom is 0.164 e. The minimum Gasteiger partial charge on any atom is -0.208 e. The Labute approximate surface area is 161 Å². The molecule has 0 fully saturated rings. The van der Waals surface area contributed by atoms with Crippen LogP contribution in [0.15, 0.2) is 78.9 Å². The smallest absolute Gasteiger partial charge is 0.164 e. The fourth-order valence-electron chi connectivity index (χ4n) is 2.61. The van der Waals surface area contributed by atoms with Gasteiger partial charge in [0.15, 0.2) is 17.5 Å². The lowest BCUT2D eigenvalue weighted by atomic mass is 10.1. The molecule has 0 bridgehead atoms. The van der Waals surface area contributed by atoms with E-state index >= 15 is 0 Å². The number of benzene rings is 3. The summed E-state index contributed by atoms with van der Waals surface area (Å²) in [6.07, 6.45) is 0. The molecule has 5 heteroatoms. The second kappa shape index (κ2) is 7.24. The van der Waals surface area contributed by atoms with E-state index in [0.717, 1.165) is 16.7 Å². The second-order valence-electron chi connectivity index (χ2n) is 5.69. The summed E-state index contributed by atoms with van der Waals surface area (Å²) in [4.78, 5) is 13.9. The van der Waals surface area contributed by atoms with Gasteiger partial charge >= 0.3 is 0 Å². The first kappa shape index (κ1) is 16.7. The first-order valence-corrected chi connectivity index (χ1v) is 8.78. The van der Waals surface area contributed by atoms with E-state index in [2.05, 4.69) is 15.0 Å². The summed E-state index contributed by atoms with van der Waals surface area (Å²) in [6, 6.07) is 24.7. The van der Waals surface area contributed by atoms with Crippen LogP contribution < -0.4 is 0 Å². The first-order chi connectivity index (χ1) is 12.7. The zero-order chi connectivity index (χ0) is 17.9. The highest BCUT2D eigenvalue weighted by molar-refractivity contribution is 6.31. The van der Waals surface area contributed by atoms with Gasteiger partial charge in [-0.3, -0.25) is 0 Å². The Balaban J connectivity index is 1.93. The highest BCUT2D eigenvalue weighted by Gasteiger charge is 2.12. The summed E-state index contributed by atoms with van der Waals surface area (Å²) in [7, 11) is 0. The van der Waals surface area contributed by atoms with Crippen LogP contribution in [0.1, 0.15) is 0 Å². The van der Waals surface area contributed by atoms with Crippen molar-refractivity contribution in [2.24, 2.45) is 0 Å². The summed E-state index contributed by atoms with van der Waals surface area (Å²) >= 11 is 12.3. The monoisotopic (exact) mass is 377 g/mol. The van der Waals surface area contributed by atoms with Gasteiger partial charge in [-0.25, -0.2) is 15.0 Å². The predicted molar refractivity (Wildman–Crippen MR) is 106 cm³/mol. The molecule has 3 aromatic carbocycles. The minimum absolute atomic E-state index is 0.566. The Morgan fingerprint density at radius 3 is 1.35 bits per heavy atom. The Morgan fingerprint density at radius 2 is 0.885 bits per heavy atom. The third kappa shape index (κ3) is 3.59. The fraction of sp³-hybridized carbons (Fsp3) is 0. The maximum atomic E-state index is 6.14. The summed E-state index contributed by atoms with van der Waals surface area (Å²) in [5.41, 5.74) is 2.59. The highest BCUT2D eigenvalue weighted by atomic mass is 35.5. The average Bonchev–Trinajstić information content (AvgIpc) is 2.68. The number of nitrogens with zero attached hydrogens (tertiary/aromatic N) is 3. The van der Waals surface area contributed by atoms with E-state index in [9.17, 15) is 0 Å². The quantitative estimate of drug-likeness (QED) is 0.427. The number of hydrogen-bond acceptors (Lipinski definition) is 3. The predicted octanol–water partition coefficient (Wildman–Crippen LogP) is 6.18. The molecule has 0 N–H and O–H groups in total. The summed E-state index contributed by atoms with van der Waals surface area (Å²) < 4.78 is 0. The molecule has 4 aromatic rings. The SMILES string of the molecule is Clc1cccc(-c2nc(-c3ccccc3)nc(-c3cccc(Cl)c3)n2)c1. The van der Waals surface area contributed by atoms with Crippen molar-refractivity contribution in [2.45, 2.75) is 0 Å². The maximum absolute atomic E-state index is 6.14. The molecule has 0 atom stereocenters. The van der Waals surface area contributed by atoms with E-state index in [1.54, 1.807) is 0 Å². The molecule has 1 aromatic heterocycles. The van der Waals surface area contributed by atoms with E-state index in [1.165, 1.54) is 0 Å². The number of aromatic nitrogens is 3. The van der Waals surface area contributed by atoms with E-state index in [1.807, 2.05) is 78.9 Å². The van der Waals surface area contributed by atoms with Crippen LogP contribution in [0.5, 0.6) is 0 Å². The van der Waals surface area contributed by atoms with Gasteiger partial charge in [0.25, 0.3) is 0 Å². The second-order valence-corrected chi connectivity index (χ2v) is 6.57. The van der Waals surface area contributed by atoms with E-state index in [-0.39, 0.29) is 0 Å². The normalized spacial score (nSPS) is 10.7. The molecule has 1 heterocycles. The Hall–Kier alpha value is -2.75. The topological polar surface area (TPSA) is 38.7 Å². The van der Waals surface area contributed by atoms with Gasteiger partial charge in [-0.1, -0.05) is 77.8 Å². The Morgan fingerprint density at radius 1 is 0.462 bits per heavy atom. The van der Waals surface area contributed by atoms with Gasteiger partial charge < -0.3 is 0 Å². The third-order valence-corrected chi connectivity index (χ3v) is 4.30. The van der Waals surface area contributed by atoms with Crippen molar-refractivity contribution in [1.82, 2.24) is 15.0 Å². The number of halogens is 2.